The summed E-state index contributed by atoms with van der Waals surface area (Å²) in [6, 6.07) is 15.2. The Labute approximate surface area is 197 Å². The summed E-state index contributed by atoms with van der Waals surface area (Å²) in [4.78, 5) is 36.6. The van der Waals surface area contributed by atoms with Gasteiger partial charge in [0.05, 0.1) is 10.9 Å². The molecule has 4 rings (SSSR count). The van der Waals surface area contributed by atoms with Crippen LogP contribution in [0.2, 0.25) is 0 Å². The molecule has 8 heteroatoms. The second-order valence-corrected chi connectivity index (χ2v) is 9.28. The number of thioether (sulfide) groups is 1. The van der Waals surface area contributed by atoms with Gasteiger partial charge >= 0.3 is 0 Å². The molecule has 0 bridgehead atoms. The van der Waals surface area contributed by atoms with Gasteiger partial charge in [-0.05, 0) is 49.4 Å². The number of anilines is 1. The Morgan fingerprint density at radius 3 is 2.39 bits per heavy atom. The highest BCUT2D eigenvalue weighted by atomic mass is 32.2. The number of amides is 2. The van der Waals surface area contributed by atoms with Gasteiger partial charge in [0.15, 0.2) is 5.17 Å². The first-order valence-corrected chi connectivity index (χ1v) is 12.0. The van der Waals surface area contributed by atoms with E-state index in [1.165, 1.54) is 28.8 Å². The quantitative estimate of drug-likeness (QED) is 0.628. The first kappa shape index (κ1) is 23.2. The molecule has 6 nitrogen and oxygen atoms in total. The van der Waals surface area contributed by atoms with Crippen molar-refractivity contribution in [1.82, 2.24) is 9.80 Å². The van der Waals surface area contributed by atoms with Crippen LogP contribution in [-0.2, 0) is 9.59 Å². The zero-order chi connectivity index (χ0) is 23.4. The molecule has 0 saturated carbocycles. The van der Waals surface area contributed by atoms with Crippen LogP contribution in [-0.4, -0.2) is 64.8 Å². The number of piperazine rings is 1. The number of rotatable bonds is 5. The topological polar surface area (TPSA) is 56.2 Å². The fourth-order valence-corrected chi connectivity index (χ4v) is 4.86. The Bertz CT molecular complexity index is 1060. The number of amidine groups is 1. The normalized spacial score (nSPS) is 19.2. The van der Waals surface area contributed by atoms with Crippen molar-refractivity contribution in [1.29, 1.82) is 0 Å². The molecule has 2 aliphatic rings. The molecular formula is C25H27FN4O2S. The van der Waals surface area contributed by atoms with E-state index in [-0.39, 0.29) is 23.3 Å². The van der Waals surface area contributed by atoms with E-state index in [9.17, 15) is 14.0 Å². The molecule has 2 aromatic carbocycles. The second kappa shape index (κ2) is 10.3. The molecule has 0 radical (unpaired) electrons. The summed E-state index contributed by atoms with van der Waals surface area (Å²) in [6.45, 7) is 8.07. The van der Waals surface area contributed by atoms with Crippen LogP contribution in [0.1, 0.15) is 19.4 Å². The maximum absolute atomic E-state index is 13.5. The lowest BCUT2D eigenvalue weighted by atomic mass is 10.2. The van der Waals surface area contributed by atoms with E-state index in [0.29, 0.717) is 23.9 Å². The first-order valence-electron chi connectivity index (χ1n) is 11.1. The van der Waals surface area contributed by atoms with Crippen LogP contribution in [0.3, 0.4) is 0 Å². The average Bonchev–Trinajstić information content (AvgIpc) is 3.14. The summed E-state index contributed by atoms with van der Waals surface area (Å²) >= 11 is 1.26. The lowest BCUT2D eigenvalue weighted by Crippen LogP contribution is -2.50. The highest BCUT2D eigenvalue weighted by molar-refractivity contribution is 8.15. The van der Waals surface area contributed by atoms with Crippen LogP contribution >= 0.6 is 11.8 Å². The number of halogens is 1. The first-order chi connectivity index (χ1) is 16.0. The summed E-state index contributed by atoms with van der Waals surface area (Å²) < 4.78 is 13.5. The van der Waals surface area contributed by atoms with Crippen molar-refractivity contribution in [3.8, 4) is 0 Å². The smallest absolute Gasteiger partial charge is 0.283 e. The average molecular weight is 467 g/mol. The molecule has 2 aliphatic heterocycles. The van der Waals surface area contributed by atoms with Gasteiger partial charge in [-0.15, -0.1) is 0 Å². The van der Waals surface area contributed by atoms with Gasteiger partial charge in [-0.2, -0.15) is 0 Å². The Kier molecular flexibility index (Phi) is 7.25. The number of carbonyl (C=O) groups excluding carboxylic acids is 2. The van der Waals surface area contributed by atoms with Gasteiger partial charge in [-0.3, -0.25) is 14.5 Å². The number of hydrogen-bond acceptors (Lipinski definition) is 5. The lowest BCUT2D eigenvalue weighted by molar-refractivity contribution is -0.132. The molecule has 0 spiro atoms. The van der Waals surface area contributed by atoms with Crippen LogP contribution in [0.5, 0.6) is 0 Å². The molecule has 33 heavy (non-hydrogen) atoms. The van der Waals surface area contributed by atoms with E-state index in [1.54, 1.807) is 18.2 Å². The van der Waals surface area contributed by atoms with Crippen molar-refractivity contribution >= 4 is 40.5 Å². The molecule has 0 aromatic heterocycles. The van der Waals surface area contributed by atoms with Gasteiger partial charge in [-0.25, -0.2) is 9.38 Å². The largest absolute Gasteiger partial charge is 0.339 e. The van der Waals surface area contributed by atoms with Crippen LogP contribution < -0.4 is 4.90 Å². The van der Waals surface area contributed by atoms with E-state index in [4.69, 9.17) is 0 Å². The van der Waals surface area contributed by atoms with Crippen LogP contribution in [0.15, 0.2) is 65.3 Å². The van der Waals surface area contributed by atoms with E-state index < -0.39 is 5.25 Å². The number of hydrogen-bond donors (Lipinski definition) is 0. The number of aliphatic imine (C=N–C) groups is 1. The minimum absolute atomic E-state index is 0.0328. The van der Waals surface area contributed by atoms with Gasteiger partial charge < -0.3 is 9.80 Å². The molecule has 2 aromatic rings. The monoisotopic (exact) mass is 466 g/mol. The number of benzene rings is 2. The Morgan fingerprint density at radius 2 is 1.76 bits per heavy atom. The molecule has 172 valence electrons. The Balaban J connectivity index is 1.57. The molecule has 1 saturated heterocycles. The van der Waals surface area contributed by atoms with Gasteiger partial charge in [-0.1, -0.05) is 49.0 Å². The zero-order valence-electron chi connectivity index (χ0n) is 18.8. The van der Waals surface area contributed by atoms with Gasteiger partial charge in [0, 0.05) is 26.2 Å². The summed E-state index contributed by atoms with van der Waals surface area (Å²) in [5, 5.41) is 0.00517. The van der Waals surface area contributed by atoms with Crippen LogP contribution in [0.4, 0.5) is 10.1 Å². The summed E-state index contributed by atoms with van der Waals surface area (Å²) in [5.41, 5.74) is 1.65. The summed E-state index contributed by atoms with van der Waals surface area (Å²) in [6.07, 6.45) is 1.73. The van der Waals surface area contributed by atoms with Gasteiger partial charge in [0.2, 0.25) is 5.91 Å². The van der Waals surface area contributed by atoms with Crippen molar-refractivity contribution in [2.75, 3.05) is 37.6 Å². The molecule has 0 N–H and O–H groups in total. The van der Waals surface area contributed by atoms with Crippen LogP contribution in [0, 0.1) is 5.82 Å². The molecular weight excluding hydrogens is 439 g/mol. The maximum atomic E-state index is 13.5. The Morgan fingerprint density at radius 1 is 1.09 bits per heavy atom. The predicted molar refractivity (Wildman–Crippen MR) is 131 cm³/mol. The summed E-state index contributed by atoms with van der Waals surface area (Å²) in [7, 11) is 0. The SMILES string of the molecule is CCN1CCN(C(=O)[C@@H](C)SC2=N/C(=C\c3ccccc3)C(=O)N2c2ccc(F)cc2)CC1. The fraction of sp³-hybridized carbons (Fsp3) is 0.320. The third-order valence-electron chi connectivity index (χ3n) is 5.78. The van der Waals surface area contributed by atoms with Gasteiger partial charge in [0.1, 0.15) is 11.5 Å². The third-order valence-corrected chi connectivity index (χ3v) is 6.82. The van der Waals surface area contributed by atoms with E-state index in [2.05, 4.69) is 16.8 Å². The van der Waals surface area contributed by atoms with Gasteiger partial charge in [0.25, 0.3) is 5.91 Å². The zero-order valence-corrected chi connectivity index (χ0v) is 19.6. The van der Waals surface area contributed by atoms with Crippen molar-refractivity contribution in [2.24, 2.45) is 4.99 Å². The van der Waals surface area contributed by atoms with Crippen molar-refractivity contribution in [3.63, 3.8) is 0 Å². The standard InChI is InChI=1S/C25H27FN4O2S/c1-3-28-13-15-29(16-14-28)23(31)18(2)33-25-27-22(17-19-7-5-4-6-8-19)24(32)30(25)21-11-9-20(26)10-12-21/h4-12,17-18H,3,13-16H2,1-2H3/b22-17-/t18-/m1/s1. The third kappa shape index (κ3) is 5.34. The molecule has 1 fully saturated rings. The van der Waals surface area contributed by atoms with E-state index >= 15 is 0 Å². The predicted octanol–water partition coefficient (Wildman–Crippen LogP) is 3.86. The van der Waals surface area contributed by atoms with Crippen LogP contribution in [0.25, 0.3) is 6.08 Å². The van der Waals surface area contributed by atoms with E-state index in [0.717, 1.165) is 25.2 Å². The maximum Gasteiger partial charge on any atom is 0.283 e. The Hall–Kier alpha value is -2.97. The summed E-state index contributed by atoms with van der Waals surface area (Å²) in [5.74, 6) is -0.652. The minimum Gasteiger partial charge on any atom is -0.339 e. The molecule has 0 unspecified atom stereocenters. The molecule has 1 atom stereocenters. The molecule has 0 aliphatic carbocycles. The fourth-order valence-electron chi connectivity index (χ4n) is 3.85. The van der Waals surface area contributed by atoms with Crippen molar-refractivity contribution < 1.29 is 14.0 Å². The highest BCUT2D eigenvalue weighted by Crippen LogP contribution is 2.31. The number of carbonyl (C=O) groups is 2. The molecule has 2 amide bonds. The molecule has 2 heterocycles. The highest BCUT2D eigenvalue weighted by Gasteiger charge is 2.35. The number of likely N-dealkylation sites (N-methyl/N-ethyl adjacent to an activating group) is 1. The van der Waals surface area contributed by atoms with Crippen molar-refractivity contribution in [2.45, 2.75) is 19.1 Å². The second-order valence-electron chi connectivity index (χ2n) is 7.97. The van der Waals surface area contributed by atoms with Crippen molar-refractivity contribution in [3.05, 3.63) is 71.7 Å². The minimum atomic E-state index is -0.413. The van der Waals surface area contributed by atoms with E-state index in [1.807, 2.05) is 42.2 Å². The number of nitrogens with zero attached hydrogens (tertiary/aromatic N) is 4. The lowest BCUT2D eigenvalue weighted by Gasteiger charge is -2.35.